The number of hydrogen-bond donors (Lipinski definition) is 0. The highest BCUT2D eigenvalue weighted by Crippen LogP contribution is 2.23. The molecule has 0 atom stereocenters. The van der Waals surface area contributed by atoms with Crippen LogP contribution in [0.25, 0.3) is 0 Å². The summed E-state index contributed by atoms with van der Waals surface area (Å²) in [6.07, 6.45) is 0. The smallest absolute Gasteiger partial charge is 0.345 e. The number of ketones is 1. The fraction of sp³-hybridized carbons (Fsp3) is 0.263. The number of rotatable bonds is 5. The van der Waals surface area contributed by atoms with Gasteiger partial charge in [0.25, 0.3) is 5.69 Å². The lowest BCUT2D eigenvalue weighted by Crippen LogP contribution is -2.17. The molecule has 0 fully saturated rings. The summed E-state index contributed by atoms with van der Waals surface area (Å²) >= 11 is 0. The predicted octanol–water partition coefficient (Wildman–Crippen LogP) is 3.87. The van der Waals surface area contributed by atoms with Crippen molar-refractivity contribution in [1.82, 2.24) is 0 Å². The molecule has 130 valence electrons. The van der Waals surface area contributed by atoms with Crippen LogP contribution < -0.4 is 0 Å². The van der Waals surface area contributed by atoms with E-state index in [1.165, 1.54) is 24.3 Å². The Morgan fingerprint density at radius 2 is 1.68 bits per heavy atom. The second-order valence-corrected chi connectivity index (χ2v) is 5.91. The maximum atomic E-state index is 12.5. The van der Waals surface area contributed by atoms with Crippen molar-refractivity contribution in [2.45, 2.75) is 27.7 Å². The first-order valence-corrected chi connectivity index (χ1v) is 7.75. The van der Waals surface area contributed by atoms with Crippen LogP contribution in [-0.2, 0) is 4.74 Å². The van der Waals surface area contributed by atoms with Crippen LogP contribution in [0.2, 0.25) is 0 Å². The van der Waals surface area contributed by atoms with Crippen molar-refractivity contribution in [1.29, 1.82) is 0 Å². The summed E-state index contributed by atoms with van der Waals surface area (Å²) in [5.74, 6) is -1.22. The van der Waals surface area contributed by atoms with Gasteiger partial charge in [-0.05, 0) is 56.0 Å². The van der Waals surface area contributed by atoms with E-state index in [2.05, 4.69) is 0 Å². The normalized spacial score (nSPS) is 10.4. The summed E-state index contributed by atoms with van der Waals surface area (Å²) in [7, 11) is 0. The van der Waals surface area contributed by atoms with Gasteiger partial charge < -0.3 is 4.74 Å². The van der Waals surface area contributed by atoms with Crippen LogP contribution in [0, 0.1) is 37.8 Å². The lowest BCUT2D eigenvalue weighted by Gasteiger charge is -2.14. The lowest BCUT2D eigenvalue weighted by atomic mass is 9.92. The van der Waals surface area contributed by atoms with Gasteiger partial charge in [-0.1, -0.05) is 18.2 Å². The quantitative estimate of drug-likeness (QED) is 0.357. The first-order chi connectivity index (χ1) is 11.7. The summed E-state index contributed by atoms with van der Waals surface area (Å²) in [5, 5.41) is 11.0. The average Bonchev–Trinajstić information content (AvgIpc) is 2.57. The molecular formula is C19H19NO5. The fourth-order valence-electron chi connectivity index (χ4n) is 2.80. The highest BCUT2D eigenvalue weighted by atomic mass is 16.6. The van der Waals surface area contributed by atoms with Crippen molar-refractivity contribution < 1.29 is 19.2 Å². The molecule has 0 heterocycles. The number of ether oxygens (including phenoxy) is 1. The van der Waals surface area contributed by atoms with E-state index >= 15 is 0 Å². The summed E-state index contributed by atoms with van der Waals surface area (Å²) in [6.45, 7) is 7.12. The number of nitrogens with zero attached hydrogens (tertiary/aromatic N) is 1. The molecule has 0 saturated carbocycles. The molecule has 0 spiro atoms. The van der Waals surface area contributed by atoms with E-state index in [4.69, 9.17) is 4.74 Å². The van der Waals surface area contributed by atoms with E-state index in [0.717, 1.165) is 22.3 Å². The van der Waals surface area contributed by atoms with Crippen LogP contribution in [0.3, 0.4) is 0 Å². The highest BCUT2D eigenvalue weighted by molar-refractivity contribution is 6.02. The van der Waals surface area contributed by atoms with E-state index in [1.54, 1.807) is 0 Å². The molecule has 0 radical (unpaired) electrons. The topological polar surface area (TPSA) is 86.5 Å². The number of carbonyl (C=O) groups excluding carboxylic acids is 2. The van der Waals surface area contributed by atoms with E-state index < -0.39 is 17.5 Å². The summed E-state index contributed by atoms with van der Waals surface area (Å²) in [4.78, 5) is 34.9. The number of para-hydroxylation sites is 1. The first-order valence-electron chi connectivity index (χ1n) is 7.75. The van der Waals surface area contributed by atoms with Crippen molar-refractivity contribution in [3.8, 4) is 0 Å². The Balaban J connectivity index is 2.20. The Kier molecular flexibility index (Phi) is 5.32. The van der Waals surface area contributed by atoms with Crippen LogP contribution in [0.5, 0.6) is 0 Å². The maximum absolute atomic E-state index is 12.5. The molecule has 0 amide bonds. The molecule has 0 saturated heterocycles. The van der Waals surface area contributed by atoms with E-state index in [9.17, 15) is 19.7 Å². The monoisotopic (exact) mass is 341 g/mol. The second-order valence-electron chi connectivity index (χ2n) is 5.91. The molecule has 2 aromatic carbocycles. The number of Topliss-reactive ketones (excluding diaryl/α,β-unsaturated/α-hetero) is 1. The molecule has 0 aromatic heterocycles. The fourth-order valence-corrected chi connectivity index (χ4v) is 2.80. The number of esters is 1. The molecule has 25 heavy (non-hydrogen) atoms. The van der Waals surface area contributed by atoms with Gasteiger partial charge in [-0.25, -0.2) is 4.79 Å². The van der Waals surface area contributed by atoms with Crippen molar-refractivity contribution >= 4 is 17.4 Å². The third-order valence-corrected chi connectivity index (χ3v) is 4.29. The molecule has 2 aromatic rings. The van der Waals surface area contributed by atoms with Gasteiger partial charge in [-0.2, -0.15) is 0 Å². The first kappa shape index (κ1) is 18.3. The minimum absolute atomic E-state index is 0.172. The van der Waals surface area contributed by atoms with Crippen LogP contribution in [-0.4, -0.2) is 23.3 Å². The minimum atomic E-state index is -0.889. The SMILES string of the molecule is Cc1cc(C)c(C(=O)COC(=O)c2ccccc2[N+](=O)[O-])c(C)c1C. The van der Waals surface area contributed by atoms with Gasteiger partial charge >= 0.3 is 5.97 Å². The zero-order valence-electron chi connectivity index (χ0n) is 14.6. The Morgan fingerprint density at radius 1 is 1.04 bits per heavy atom. The zero-order chi connectivity index (χ0) is 18.7. The molecule has 0 N–H and O–H groups in total. The molecule has 2 rings (SSSR count). The number of aryl methyl sites for hydroxylation is 2. The largest absolute Gasteiger partial charge is 0.454 e. The number of hydrogen-bond acceptors (Lipinski definition) is 5. The highest BCUT2D eigenvalue weighted by Gasteiger charge is 2.22. The average molecular weight is 341 g/mol. The lowest BCUT2D eigenvalue weighted by molar-refractivity contribution is -0.385. The number of carbonyl (C=O) groups is 2. The van der Waals surface area contributed by atoms with E-state index in [1.807, 2.05) is 33.8 Å². The second kappa shape index (κ2) is 7.25. The third kappa shape index (κ3) is 3.74. The number of benzene rings is 2. The van der Waals surface area contributed by atoms with Crippen molar-refractivity contribution in [2.75, 3.05) is 6.61 Å². The van der Waals surface area contributed by atoms with Crippen molar-refractivity contribution in [2.24, 2.45) is 0 Å². The molecule has 0 aliphatic rings. The van der Waals surface area contributed by atoms with Gasteiger partial charge in [0, 0.05) is 11.6 Å². The molecule has 6 heteroatoms. The van der Waals surface area contributed by atoms with Crippen molar-refractivity contribution in [3.63, 3.8) is 0 Å². The van der Waals surface area contributed by atoms with Crippen molar-refractivity contribution in [3.05, 3.63) is 73.8 Å². The van der Waals surface area contributed by atoms with Gasteiger partial charge in [-0.3, -0.25) is 14.9 Å². The molecule has 0 aliphatic heterocycles. The van der Waals surface area contributed by atoms with Crippen LogP contribution >= 0.6 is 0 Å². The van der Waals surface area contributed by atoms with Crippen LogP contribution in [0.4, 0.5) is 5.69 Å². The minimum Gasteiger partial charge on any atom is -0.454 e. The van der Waals surface area contributed by atoms with E-state index in [-0.39, 0.29) is 17.0 Å². The van der Waals surface area contributed by atoms with Gasteiger partial charge in [0.15, 0.2) is 6.61 Å². The van der Waals surface area contributed by atoms with E-state index in [0.29, 0.717) is 5.56 Å². The molecule has 6 nitrogen and oxygen atoms in total. The maximum Gasteiger partial charge on any atom is 0.345 e. The summed E-state index contributed by atoms with van der Waals surface area (Å²) < 4.78 is 5.02. The Labute approximate surface area is 145 Å². The Hall–Kier alpha value is -3.02. The molecular weight excluding hydrogens is 322 g/mol. The van der Waals surface area contributed by atoms with Gasteiger partial charge in [0.05, 0.1) is 4.92 Å². The molecule has 0 unspecified atom stereocenters. The number of nitro groups is 1. The van der Waals surface area contributed by atoms with Gasteiger partial charge in [0.2, 0.25) is 5.78 Å². The summed E-state index contributed by atoms with van der Waals surface area (Å²) in [6, 6.07) is 7.40. The van der Waals surface area contributed by atoms with Gasteiger partial charge in [0.1, 0.15) is 5.56 Å². The van der Waals surface area contributed by atoms with Gasteiger partial charge in [-0.15, -0.1) is 0 Å². The summed E-state index contributed by atoms with van der Waals surface area (Å²) in [5.41, 5.74) is 3.77. The van der Waals surface area contributed by atoms with Crippen LogP contribution in [0.1, 0.15) is 43.0 Å². The predicted molar refractivity (Wildman–Crippen MR) is 93.1 cm³/mol. The zero-order valence-corrected chi connectivity index (χ0v) is 14.6. The Bertz CT molecular complexity index is 870. The number of nitro benzene ring substituents is 1. The third-order valence-electron chi connectivity index (χ3n) is 4.29. The standard InChI is InChI=1S/C19H19NO5/c1-11-9-12(2)18(14(4)13(11)3)17(21)10-25-19(22)15-7-5-6-8-16(15)20(23)24/h5-9H,10H2,1-4H3. The molecule has 0 aliphatic carbocycles. The van der Waals surface area contributed by atoms with Crippen LogP contribution in [0.15, 0.2) is 30.3 Å². The Morgan fingerprint density at radius 3 is 2.32 bits per heavy atom. The molecule has 0 bridgehead atoms.